The second kappa shape index (κ2) is 13.2. The van der Waals surface area contributed by atoms with Gasteiger partial charge in [-0.1, -0.05) is 79.2 Å². The SMILES string of the molecule is CC[C@@H](C)NC(=O)[C@H](Cc1ccccc1)N(Cc1ccc(C)cc1)C(=O)CCCN1C(=O)c2ccccc2C1=O. The number of nitrogens with zero attached hydrogens (tertiary/aromatic N) is 2. The molecule has 7 heteroatoms. The molecule has 0 aliphatic carbocycles. The quantitative estimate of drug-likeness (QED) is 0.331. The number of carbonyl (C=O) groups is 4. The van der Waals surface area contributed by atoms with Gasteiger partial charge in [0.2, 0.25) is 11.8 Å². The van der Waals surface area contributed by atoms with Crippen molar-refractivity contribution in [3.63, 3.8) is 0 Å². The number of imide groups is 1. The molecule has 3 aromatic carbocycles. The van der Waals surface area contributed by atoms with E-state index in [4.69, 9.17) is 0 Å². The van der Waals surface area contributed by atoms with Gasteiger partial charge in [-0.05, 0) is 49.9 Å². The lowest BCUT2D eigenvalue weighted by Crippen LogP contribution is -2.52. The predicted octanol–water partition coefficient (Wildman–Crippen LogP) is 4.93. The molecule has 0 spiro atoms. The average Bonchev–Trinajstić information content (AvgIpc) is 3.21. The summed E-state index contributed by atoms with van der Waals surface area (Å²) in [6.45, 7) is 6.37. The van der Waals surface area contributed by atoms with E-state index in [9.17, 15) is 19.2 Å². The maximum absolute atomic E-state index is 13.8. The zero-order valence-corrected chi connectivity index (χ0v) is 23.4. The number of rotatable bonds is 12. The van der Waals surface area contributed by atoms with Crippen LogP contribution < -0.4 is 5.32 Å². The molecule has 0 saturated carbocycles. The summed E-state index contributed by atoms with van der Waals surface area (Å²) >= 11 is 0. The third-order valence-corrected chi connectivity index (χ3v) is 7.40. The molecule has 1 heterocycles. The Hall–Kier alpha value is -4.26. The predicted molar refractivity (Wildman–Crippen MR) is 155 cm³/mol. The van der Waals surface area contributed by atoms with E-state index in [0.29, 0.717) is 24.0 Å². The second-order valence-electron chi connectivity index (χ2n) is 10.4. The van der Waals surface area contributed by atoms with Crippen molar-refractivity contribution in [1.29, 1.82) is 0 Å². The standard InChI is InChI=1S/C33H37N3O4/c1-4-24(3)34-31(38)29(21-25-11-6-5-7-12-25)36(22-26-18-16-23(2)17-19-26)30(37)15-10-20-35-32(39)27-13-8-9-14-28(27)33(35)40/h5-9,11-14,16-19,24,29H,4,10,15,20-22H2,1-3H3,(H,34,38)/t24-,29+/m1/s1. The van der Waals surface area contributed by atoms with E-state index >= 15 is 0 Å². The van der Waals surface area contributed by atoms with Crippen molar-refractivity contribution in [2.24, 2.45) is 0 Å². The van der Waals surface area contributed by atoms with E-state index in [1.165, 1.54) is 4.90 Å². The Kier molecular flexibility index (Phi) is 9.48. The van der Waals surface area contributed by atoms with Crippen LogP contribution >= 0.6 is 0 Å². The maximum Gasteiger partial charge on any atom is 0.261 e. The summed E-state index contributed by atoms with van der Waals surface area (Å²) in [7, 11) is 0. The zero-order chi connectivity index (χ0) is 28.6. The molecule has 3 aromatic rings. The van der Waals surface area contributed by atoms with Gasteiger partial charge in [-0.2, -0.15) is 0 Å². The molecule has 1 aliphatic heterocycles. The van der Waals surface area contributed by atoms with Crippen LogP contribution in [-0.2, 0) is 22.6 Å². The van der Waals surface area contributed by atoms with Crippen molar-refractivity contribution in [1.82, 2.24) is 15.1 Å². The minimum absolute atomic E-state index is 0.0316. The summed E-state index contributed by atoms with van der Waals surface area (Å²) in [5.41, 5.74) is 3.78. The number of amides is 4. The van der Waals surface area contributed by atoms with E-state index in [2.05, 4.69) is 5.32 Å². The third-order valence-electron chi connectivity index (χ3n) is 7.40. The summed E-state index contributed by atoms with van der Waals surface area (Å²) in [6, 6.07) is 23.6. The molecule has 1 aliphatic rings. The zero-order valence-electron chi connectivity index (χ0n) is 23.4. The summed E-state index contributed by atoms with van der Waals surface area (Å²) < 4.78 is 0. The molecule has 2 atom stereocenters. The number of hydrogen-bond acceptors (Lipinski definition) is 4. The van der Waals surface area contributed by atoms with Gasteiger partial charge < -0.3 is 10.2 Å². The minimum atomic E-state index is -0.718. The fraction of sp³-hybridized carbons (Fsp3) is 0.333. The molecule has 40 heavy (non-hydrogen) atoms. The fourth-order valence-corrected chi connectivity index (χ4v) is 4.86. The molecule has 0 radical (unpaired) electrons. The largest absolute Gasteiger partial charge is 0.352 e. The lowest BCUT2D eigenvalue weighted by molar-refractivity contribution is -0.141. The van der Waals surface area contributed by atoms with Gasteiger partial charge in [-0.25, -0.2) is 0 Å². The second-order valence-corrected chi connectivity index (χ2v) is 10.4. The molecule has 0 saturated heterocycles. The summed E-state index contributed by atoms with van der Waals surface area (Å²) in [4.78, 5) is 55.8. The monoisotopic (exact) mass is 539 g/mol. The first-order valence-corrected chi connectivity index (χ1v) is 13.9. The fourth-order valence-electron chi connectivity index (χ4n) is 4.86. The topological polar surface area (TPSA) is 86.8 Å². The Morgan fingerprint density at radius 2 is 1.45 bits per heavy atom. The van der Waals surface area contributed by atoms with Gasteiger partial charge in [0.25, 0.3) is 11.8 Å². The highest BCUT2D eigenvalue weighted by Crippen LogP contribution is 2.23. The van der Waals surface area contributed by atoms with E-state index in [-0.39, 0.29) is 49.2 Å². The Bertz CT molecular complexity index is 1320. The Morgan fingerprint density at radius 3 is 2.05 bits per heavy atom. The van der Waals surface area contributed by atoms with Crippen LogP contribution in [0.4, 0.5) is 0 Å². The highest BCUT2D eigenvalue weighted by atomic mass is 16.2. The van der Waals surface area contributed by atoms with Crippen molar-refractivity contribution >= 4 is 23.6 Å². The Morgan fingerprint density at radius 1 is 0.850 bits per heavy atom. The molecular formula is C33H37N3O4. The van der Waals surface area contributed by atoms with Crippen LogP contribution in [0.3, 0.4) is 0 Å². The van der Waals surface area contributed by atoms with Crippen molar-refractivity contribution < 1.29 is 19.2 Å². The van der Waals surface area contributed by atoms with Gasteiger partial charge in [-0.3, -0.25) is 24.1 Å². The molecular weight excluding hydrogens is 502 g/mol. The van der Waals surface area contributed by atoms with Crippen LogP contribution in [-0.4, -0.2) is 52.1 Å². The Labute approximate surface area is 236 Å². The lowest BCUT2D eigenvalue weighted by Gasteiger charge is -2.32. The molecule has 7 nitrogen and oxygen atoms in total. The number of nitrogens with one attached hydrogen (secondary N) is 1. The third kappa shape index (κ3) is 6.84. The van der Waals surface area contributed by atoms with Crippen molar-refractivity contribution in [2.45, 2.75) is 65.1 Å². The first-order valence-electron chi connectivity index (χ1n) is 13.9. The molecule has 0 aromatic heterocycles. The first-order chi connectivity index (χ1) is 19.3. The molecule has 4 amide bonds. The van der Waals surface area contributed by atoms with Crippen molar-refractivity contribution in [3.05, 3.63) is 107 Å². The summed E-state index contributed by atoms with van der Waals surface area (Å²) in [5, 5.41) is 3.07. The Balaban J connectivity index is 1.54. The molecule has 4 rings (SSSR count). The smallest absolute Gasteiger partial charge is 0.261 e. The number of benzene rings is 3. The van der Waals surface area contributed by atoms with Crippen LogP contribution in [0.1, 0.15) is 70.5 Å². The maximum atomic E-state index is 13.8. The van der Waals surface area contributed by atoms with E-state index in [0.717, 1.165) is 23.1 Å². The van der Waals surface area contributed by atoms with Gasteiger partial charge in [0, 0.05) is 32.0 Å². The van der Waals surface area contributed by atoms with Crippen LogP contribution in [0.15, 0.2) is 78.9 Å². The van der Waals surface area contributed by atoms with Gasteiger partial charge in [0.15, 0.2) is 0 Å². The highest BCUT2D eigenvalue weighted by Gasteiger charge is 2.35. The molecule has 0 bridgehead atoms. The summed E-state index contributed by atoms with van der Waals surface area (Å²) in [5.74, 6) is -1.06. The van der Waals surface area contributed by atoms with Crippen molar-refractivity contribution in [2.75, 3.05) is 6.54 Å². The number of hydrogen-bond donors (Lipinski definition) is 1. The van der Waals surface area contributed by atoms with E-state index < -0.39 is 6.04 Å². The average molecular weight is 540 g/mol. The van der Waals surface area contributed by atoms with E-state index in [1.807, 2.05) is 75.4 Å². The first kappa shape index (κ1) is 28.7. The lowest BCUT2D eigenvalue weighted by atomic mass is 10.0. The van der Waals surface area contributed by atoms with Crippen LogP contribution in [0.2, 0.25) is 0 Å². The molecule has 1 N–H and O–H groups in total. The molecule has 0 fully saturated rings. The number of carbonyl (C=O) groups excluding carboxylic acids is 4. The van der Waals surface area contributed by atoms with Gasteiger partial charge in [0.05, 0.1) is 11.1 Å². The minimum Gasteiger partial charge on any atom is -0.352 e. The normalized spacial score (nSPS) is 14.0. The number of aryl methyl sites for hydroxylation is 1. The van der Waals surface area contributed by atoms with E-state index in [1.54, 1.807) is 29.2 Å². The van der Waals surface area contributed by atoms with Gasteiger partial charge >= 0.3 is 0 Å². The van der Waals surface area contributed by atoms with Crippen molar-refractivity contribution in [3.8, 4) is 0 Å². The van der Waals surface area contributed by atoms with Crippen LogP contribution in [0, 0.1) is 6.92 Å². The van der Waals surface area contributed by atoms with Gasteiger partial charge in [0.1, 0.15) is 6.04 Å². The van der Waals surface area contributed by atoms with Crippen LogP contribution in [0.5, 0.6) is 0 Å². The highest BCUT2D eigenvalue weighted by molar-refractivity contribution is 6.21. The van der Waals surface area contributed by atoms with Gasteiger partial charge in [-0.15, -0.1) is 0 Å². The van der Waals surface area contributed by atoms with Crippen LogP contribution in [0.25, 0.3) is 0 Å². The molecule has 0 unspecified atom stereocenters. The molecule has 208 valence electrons. The number of fused-ring (bicyclic) bond motifs is 1. The summed E-state index contributed by atoms with van der Waals surface area (Å²) in [6.07, 6.45) is 1.55.